The van der Waals surface area contributed by atoms with E-state index in [1.165, 1.54) is 6.07 Å². The summed E-state index contributed by atoms with van der Waals surface area (Å²) in [6, 6.07) is 6.99. The predicted octanol–water partition coefficient (Wildman–Crippen LogP) is 3.73. The van der Waals surface area contributed by atoms with Gasteiger partial charge >= 0.3 is 0 Å². The Kier molecular flexibility index (Phi) is 4.01. The monoisotopic (exact) mass is 311 g/mol. The van der Waals surface area contributed by atoms with E-state index in [2.05, 4.69) is 26.3 Å². The third-order valence-electron chi connectivity index (χ3n) is 2.68. The first-order chi connectivity index (χ1) is 8.60. The van der Waals surface area contributed by atoms with Crippen LogP contribution in [0.15, 0.2) is 28.7 Å². The van der Waals surface area contributed by atoms with Gasteiger partial charge in [0.25, 0.3) is 0 Å². The molecule has 0 unspecified atom stereocenters. The zero-order chi connectivity index (χ0) is 13.1. The summed E-state index contributed by atoms with van der Waals surface area (Å²) in [4.78, 5) is 0. The van der Waals surface area contributed by atoms with Crippen LogP contribution in [0.2, 0.25) is 0 Å². The molecule has 0 amide bonds. The molecule has 1 N–H and O–H groups in total. The van der Waals surface area contributed by atoms with Gasteiger partial charge in [-0.2, -0.15) is 5.10 Å². The van der Waals surface area contributed by atoms with Crippen LogP contribution < -0.4 is 5.32 Å². The fraction of sp³-hybridized carbons (Fsp3) is 0.308. The van der Waals surface area contributed by atoms with E-state index < -0.39 is 0 Å². The van der Waals surface area contributed by atoms with Gasteiger partial charge < -0.3 is 5.32 Å². The summed E-state index contributed by atoms with van der Waals surface area (Å²) >= 11 is 3.24. The first-order valence-corrected chi connectivity index (χ1v) is 6.61. The van der Waals surface area contributed by atoms with Crippen molar-refractivity contribution < 1.29 is 4.39 Å². The van der Waals surface area contributed by atoms with Crippen LogP contribution in [0.3, 0.4) is 0 Å². The number of aryl methyl sites for hydroxylation is 2. The average Bonchev–Trinajstić information content (AvgIpc) is 2.68. The fourth-order valence-corrected chi connectivity index (χ4v) is 2.17. The Morgan fingerprint density at radius 1 is 1.39 bits per heavy atom. The van der Waals surface area contributed by atoms with Crippen molar-refractivity contribution in [1.82, 2.24) is 9.78 Å². The molecule has 0 aliphatic heterocycles. The van der Waals surface area contributed by atoms with Gasteiger partial charge in [0.05, 0.1) is 23.6 Å². The van der Waals surface area contributed by atoms with Crippen LogP contribution in [0, 0.1) is 12.7 Å². The lowest BCUT2D eigenvalue weighted by atomic mass is 10.3. The highest BCUT2D eigenvalue weighted by Gasteiger charge is 2.06. The van der Waals surface area contributed by atoms with Gasteiger partial charge in [0.1, 0.15) is 5.82 Å². The summed E-state index contributed by atoms with van der Waals surface area (Å²) in [6.07, 6.45) is 0. The molecule has 1 aromatic heterocycles. The Bertz CT molecular complexity index is 551. The van der Waals surface area contributed by atoms with Gasteiger partial charge in [-0.15, -0.1) is 0 Å². The molecule has 2 rings (SSSR count). The highest BCUT2D eigenvalue weighted by atomic mass is 79.9. The summed E-state index contributed by atoms with van der Waals surface area (Å²) in [5.74, 6) is -0.260. The normalized spacial score (nSPS) is 10.7. The smallest absolute Gasteiger partial charge is 0.147 e. The van der Waals surface area contributed by atoms with Crippen molar-refractivity contribution in [2.24, 2.45) is 0 Å². The summed E-state index contributed by atoms with van der Waals surface area (Å²) < 4.78 is 16.3. The van der Waals surface area contributed by atoms with E-state index in [1.54, 1.807) is 6.07 Å². The van der Waals surface area contributed by atoms with Gasteiger partial charge in [-0.25, -0.2) is 4.39 Å². The number of halogens is 2. The van der Waals surface area contributed by atoms with Gasteiger partial charge in [0.15, 0.2) is 0 Å². The van der Waals surface area contributed by atoms with Crippen molar-refractivity contribution in [1.29, 1.82) is 0 Å². The summed E-state index contributed by atoms with van der Waals surface area (Å²) in [5, 5.41) is 7.44. The lowest BCUT2D eigenvalue weighted by Gasteiger charge is -2.09. The summed E-state index contributed by atoms with van der Waals surface area (Å²) in [7, 11) is 0. The molecule has 0 bridgehead atoms. The van der Waals surface area contributed by atoms with E-state index in [0.29, 0.717) is 12.2 Å². The predicted molar refractivity (Wildman–Crippen MR) is 74.1 cm³/mol. The van der Waals surface area contributed by atoms with Crippen molar-refractivity contribution in [3.8, 4) is 0 Å². The van der Waals surface area contributed by atoms with Crippen molar-refractivity contribution >= 4 is 21.6 Å². The number of benzene rings is 1. The minimum absolute atomic E-state index is 0.260. The molecule has 2 aromatic rings. The van der Waals surface area contributed by atoms with Crippen LogP contribution in [0.25, 0.3) is 0 Å². The lowest BCUT2D eigenvalue weighted by Crippen LogP contribution is -2.08. The zero-order valence-electron chi connectivity index (χ0n) is 10.4. The highest BCUT2D eigenvalue weighted by molar-refractivity contribution is 9.10. The van der Waals surface area contributed by atoms with Gasteiger partial charge in [0.2, 0.25) is 0 Å². The minimum atomic E-state index is -0.260. The van der Waals surface area contributed by atoms with E-state index in [4.69, 9.17) is 0 Å². The van der Waals surface area contributed by atoms with E-state index >= 15 is 0 Å². The molecule has 0 spiro atoms. The first-order valence-electron chi connectivity index (χ1n) is 5.82. The number of hydrogen-bond donors (Lipinski definition) is 1. The topological polar surface area (TPSA) is 29.9 Å². The molecule has 18 heavy (non-hydrogen) atoms. The number of anilines is 1. The molecule has 5 heteroatoms. The largest absolute Gasteiger partial charge is 0.377 e. The maximum absolute atomic E-state index is 13.6. The molecule has 0 fully saturated rings. The summed E-state index contributed by atoms with van der Waals surface area (Å²) in [5.41, 5.74) is 2.53. The number of aromatic nitrogens is 2. The molecule has 0 atom stereocenters. The molecule has 3 nitrogen and oxygen atoms in total. The Morgan fingerprint density at radius 3 is 2.83 bits per heavy atom. The molecular formula is C13H15BrFN3. The second kappa shape index (κ2) is 5.52. The van der Waals surface area contributed by atoms with Crippen molar-refractivity contribution in [2.75, 3.05) is 5.32 Å². The SMILES string of the molecule is CCn1nc(C)cc1CNc1ccc(Br)cc1F. The van der Waals surface area contributed by atoms with E-state index in [0.717, 1.165) is 22.4 Å². The molecule has 0 radical (unpaired) electrons. The van der Waals surface area contributed by atoms with Crippen molar-refractivity contribution in [3.05, 3.63) is 45.9 Å². The van der Waals surface area contributed by atoms with Gasteiger partial charge in [-0.05, 0) is 38.1 Å². The van der Waals surface area contributed by atoms with Crippen molar-refractivity contribution in [3.63, 3.8) is 0 Å². The standard InChI is InChI=1S/C13H15BrFN3/c1-3-18-11(6-9(2)17-18)8-16-13-5-4-10(14)7-12(13)15/h4-7,16H,3,8H2,1-2H3. The molecule has 0 aliphatic rings. The van der Waals surface area contributed by atoms with E-state index in [9.17, 15) is 4.39 Å². The second-order valence-electron chi connectivity index (χ2n) is 4.07. The first kappa shape index (κ1) is 13.1. The number of rotatable bonds is 4. The molecular weight excluding hydrogens is 297 g/mol. The quantitative estimate of drug-likeness (QED) is 0.932. The number of hydrogen-bond acceptors (Lipinski definition) is 2. The highest BCUT2D eigenvalue weighted by Crippen LogP contribution is 2.20. The van der Waals surface area contributed by atoms with Crippen LogP contribution in [0.5, 0.6) is 0 Å². The molecule has 96 valence electrons. The van der Waals surface area contributed by atoms with E-state index in [1.807, 2.05) is 30.7 Å². The number of nitrogens with zero attached hydrogens (tertiary/aromatic N) is 2. The van der Waals surface area contributed by atoms with Crippen LogP contribution >= 0.6 is 15.9 Å². The Morgan fingerprint density at radius 2 is 2.17 bits per heavy atom. The maximum Gasteiger partial charge on any atom is 0.147 e. The van der Waals surface area contributed by atoms with Crippen LogP contribution in [-0.4, -0.2) is 9.78 Å². The lowest BCUT2D eigenvalue weighted by molar-refractivity contribution is 0.616. The number of nitrogens with one attached hydrogen (secondary N) is 1. The molecule has 1 heterocycles. The van der Waals surface area contributed by atoms with Crippen LogP contribution in [-0.2, 0) is 13.1 Å². The maximum atomic E-state index is 13.6. The van der Waals surface area contributed by atoms with Gasteiger partial charge in [0, 0.05) is 11.0 Å². The van der Waals surface area contributed by atoms with Gasteiger partial charge in [-0.1, -0.05) is 15.9 Å². The Labute approximate surface area is 114 Å². The van der Waals surface area contributed by atoms with Crippen LogP contribution in [0.4, 0.5) is 10.1 Å². The van der Waals surface area contributed by atoms with E-state index in [-0.39, 0.29) is 5.82 Å². The molecule has 1 aromatic carbocycles. The Hall–Kier alpha value is -1.36. The molecule has 0 saturated heterocycles. The molecule has 0 saturated carbocycles. The Balaban J connectivity index is 2.11. The second-order valence-corrected chi connectivity index (χ2v) is 4.99. The molecule has 0 aliphatic carbocycles. The minimum Gasteiger partial charge on any atom is -0.377 e. The fourth-order valence-electron chi connectivity index (χ4n) is 1.83. The van der Waals surface area contributed by atoms with Crippen LogP contribution in [0.1, 0.15) is 18.3 Å². The third kappa shape index (κ3) is 2.90. The van der Waals surface area contributed by atoms with Gasteiger partial charge in [-0.3, -0.25) is 4.68 Å². The summed E-state index contributed by atoms with van der Waals surface area (Å²) in [6.45, 7) is 5.37. The zero-order valence-corrected chi connectivity index (χ0v) is 12.0. The van der Waals surface area contributed by atoms with Crippen molar-refractivity contribution in [2.45, 2.75) is 26.9 Å². The third-order valence-corrected chi connectivity index (χ3v) is 3.17. The average molecular weight is 312 g/mol.